The van der Waals surface area contributed by atoms with Gasteiger partial charge in [-0.05, 0) is 30.2 Å². The average Bonchev–Trinajstić information content (AvgIpc) is 3.21. The zero-order valence-corrected chi connectivity index (χ0v) is 17.7. The predicted molar refractivity (Wildman–Crippen MR) is 111 cm³/mol. The van der Waals surface area contributed by atoms with Gasteiger partial charge in [-0.3, -0.25) is 4.79 Å². The van der Waals surface area contributed by atoms with Gasteiger partial charge >= 0.3 is 12.1 Å². The summed E-state index contributed by atoms with van der Waals surface area (Å²) in [5.41, 5.74) is 1.66. The van der Waals surface area contributed by atoms with E-state index in [0.717, 1.165) is 15.4 Å². The number of amides is 1. The summed E-state index contributed by atoms with van der Waals surface area (Å²) in [6.45, 7) is 2.02. The van der Waals surface area contributed by atoms with Crippen LogP contribution in [0.25, 0.3) is 0 Å². The monoisotopic (exact) mass is 432 g/mol. The summed E-state index contributed by atoms with van der Waals surface area (Å²) in [5.74, 6) is 0.143. The third kappa shape index (κ3) is 5.37. The average molecular weight is 432 g/mol. The lowest BCUT2D eigenvalue weighted by atomic mass is 10.1. The van der Waals surface area contributed by atoms with E-state index in [0.29, 0.717) is 5.75 Å². The van der Waals surface area contributed by atoms with Gasteiger partial charge < -0.3 is 14.2 Å². The maximum absolute atomic E-state index is 13.1. The van der Waals surface area contributed by atoms with Crippen molar-refractivity contribution < 1.29 is 28.0 Å². The zero-order chi connectivity index (χ0) is 21.5. The Morgan fingerprint density at radius 2 is 1.90 bits per heavy atom. The first kappa shape index (κ1) is 21.8. The molecule has 2 unspecified atom stereocenters. The van der Waals surface area contributed by atoms with Gasteiger partial charge in [0.25, 0.3) is 0 Å². The molecule has 1 saturated heterocycles. The summed E-state index contributed by atoms with van der Waals surface area (Å²) in [7, 11) is 1.57. The fourth-order valence-corrected chi connectivity index (χ4v) is 4.21. The molecule has 0 aliphatic carbocycles. The molecule has 1 heterocycles. The zero-order valence-electron chi connectivity index (χ0n) is 16.9. The SMILES string of the molecule is COc1ccc(C(C)N(CC(=O)OCc2ccccc2)S(=O)N2CCOC2=O)cc1. The van der Waals surface area contributed by atoms with Crippen molar-refractivity contribution in [3.8, 4) is 5.75 Å². The second kappa shape index (κ2) is 10.2. The summed E-state index contributed by atoms with van der Waals surface area (Å²) in [5, 5.41) is 0. The van der Waals surface area contributed by atoms with Crippen molar-refractivity contribution in [3.63, 3.8) is 0 Å². The standard InChI is InChI=1S/C21H24N2O6S/c1-16(18-8-10-19(27-2)11-9-18)23(30(26)22-12-13-28-21(22)25)14-20(24)29-15-17-6-4-3-5-7-17/h3-11,16H,12-15H2,1-2H3. The Morgan fingerprint density at radius 1 is 1.20 bits per heavy atom. The molecule has 2 atom stereocenters. The van der Waals surface area contributed by atoms with Crippen LogP contribution >= 0.6 is 0 Å². The smallest absolute Gasteiger partial charge is 0.422 e. The van der Waals surface area contributed by atoms with E-state index in [9.17, 15) is 13.8 Å². The summed E-state index contributed by atoms with van der Waals surface area (Å²) >= 11 is -1.91. The van der Waals surface area contributed by atoms with Gasteiger partial charge in [0, 0.05) is 6.04 Å². The maximum atomic E-state index is 13.1. The summed E-state index contributed by atoms with van der Waals surface area (Å²) in [4.78, 5) is 24.4. The molecule has 160 valence electrons. The lowest BCUT2D eigenvalue weighted by Gasteiger charge is -2.29. The molecule has 0 saturated carbocycles. The number of hydrogen-bond donors (Lipinski definition) is 0. The minimum absolute atomic E-state index is 0.114. The van der Waals surface area contributed by atoms with Crippen LogP contribution in [0.3, 0.4) is 0 Å². The lowest BCUT2D eigenvalue weighted by Crippen LogP contribution is -2.43. The molecule has 0 bridgehead atoms. The Balaban J connectivity index is 1.74. The highest BCUT2D eigenvalue weighted by Gasteiger charge is 2.35. The third-order valence-electron chi connectivity index (χ3n) is 4.67. The summed E-state index contributed by atoms with van der Waals surface area (Å²) in [6.07, 6.45) is -0.669. The topological polar surface area (TPSA) is 85.4 Å². The van der Waals surface area contributed by atoms with E-state index in [2.05, 4.69) is 0 Å². The van der Waals surface area contributed by atoms with Crippen LogP contribution in [0.1, 0.15) is 24.1 Å². The van der Waals surface area contributed by atoms with E-state index in [4.69, 9.17) is 14.2 Å². The fourth-order valence-electron chi connectivity index (χ4n) is 2.93. The molecule has 1 aliphatic rings. The van der Waals surface area contributed by atoms with Gasteiger partial charge in [-0.2, -0.15) is 4.31 Å². The van der Waals surface area contributed by atoms with Crippen molar-refractivity contribution in [2.45, 2.75) is 19.6 Å². The van der Waals surface area contributed by atoms with Crippen molar-refractivity contribution in [2.24, 2.45) is 0 Å². The number of esters is 1. The number of ether oxygens (including phenoxy) is 3. The Morgan fingerprint density at radius 3 is 2.50 bits per heavy atom. The number of carbonyl (C=O) groups is 2. The van der Waals surface area contributed by atoms with Crippen molar-refractivity contribution in [2.75, 3.05) is 26.8 Å². The van der Waals surface area contributed by atoms with Gasteiger partial charge in [0.15, 0.2) is 0 Å². The normalized spacial score (nSPS) is 15.6. The quantitative estimate of drug-likeness (QED) is 0.567. The van der Waals surface area contributed by atoms with Gasteiger partial charge in [0.05, 0.1) is 13.7 Å². The molecule has 0 spiro atoms. The first-order chi connectivity index (χ1) is 14.5. The number of rotatable bonds is 9. The van der Waals surface area contributed by atoms with Crippen molar-refractivity contribution in [3.05, 3.63) is 65.7 Å². The second-order valence-corrected chi connectivity index (χ2v) is 7.99. The summed E-state index contributed by atoms with van der Waals surface area (Å²) in [6, 6.07) is 16.1. The number of hydrogen-bond acceptors (Lipinski definition) is 6. The van der Waals surface area contributed by atoms with Gasteiger partial charge in [0.2, 0.25) is 11.2 Å². The van der Waals surface area contributed by atoms with E-state index in [1.807, 2.05) is 49.4 Å². The Labute approximate surface area is 178 Å². The van der Waals surface area contributed by atoms with Gasteiger partial charge in [0.1, 0.15) is 25.5 Å². The van der Waals surface area contributed by atoms with Crippen LogP contribution in [0.5, 0.6) is 5.75 Å². The highest BCUT2D eigenvalue weighted by atomic mass is 32.2. The Bertz CT molecular complexity index is 890. The molecule has 1 fully saturated rings. The molecule has 0 aromatic heterocycles. The molecule has 8 nitrogen and oxygen atoms in total. The van der Waals surface area contributed by atoms with Crippen molar-refractivity contribution in [1.82, 2.24) is 8.61 Å². The van der Waals surface area contributed by atoms with Crippen LogP contribution in [0.2, 0.25) is 0 Å². The van der Waals surface area contributed by atoms with Crippen LogP contribution in [0.4, 0.5) is 4.79 Å². The minimum atomic E-state index is -1.91. The molecule has 1 aliphatic heterocycles. The van der Waals surface area contributed by atoms with Crippen molar-refractivity contribution >= 4 is 23.2 Å². The molecule has 3 rings (SSSR count). The van der Waals surface area contributed by atoms with Crippen LogP contribution in [-0.4, -0.2) is 51.7 Å². The van der Waals surface area contributed by atoms with E-state index in [-0.39, 0.29) is 26.3 Å². The molecule has 0 radical (unpaired) electrons. The maximum Gasteiger partial charge on any atom is 0.422 e. The first-order valence-corrected chi connectivity index (χ1v) is 10.5. The van der Waals surface area contributed by atoms with Crippen LogP contribution in [-0.2, 0) is 32.0 Å². The third-order valence-corrected chi connectivity index (χ3v) is 6.23. The van der Waals surface area contributed by atoms with Crippen LogP contribution in [0.15, 0.2) is 54.6 Å². The van der Waals surface area contributed by atoms with Crippen molar-refractivity contribution in [1.29, 1.82) is 0 Å². The van der Waals surface area contributed by atoms with Gasteiger partial charge in [-0.25, -0.2) is 13.3 Å². The second-order valence-electron chi connectivity index (χ2n) is 6.62. The molecule has 1 amide bonds. The molecule has 2 aromatic rings. The number of carbonyl (C=O) groups excluding carboxylic acids is 2. The van der Waals surface area contributed by atoms with E-state index >= 15 is 0 Å². The molecule has 30 heavy (non-hydrogen) atoms. The van der Waals surface area contributed by atoms with Gasteiger partial charge in [-0.1, -0.05) is 42.5 Å². The highest BCUT2D eigenvalue weighted by molar-refractivity contribution is 7.80. The lowest BCUT2D eigenvalue weighted by molar-refractivity contribution is -0.145. The Hall–Kier alpha value is -2.91. The molecule has 0 N–H and O–H groups in total. The molecular formula is C21H24N2O6S. The van der Waals surface area contributed by atoms with E-state index < -0.39 is 29.3 Å². The highest BCUT2D eigenvalue weighted by Crippen LogP contribution is 2.26. The first-order valence-electron chi connectivity index (χ1n) is 9.46. The molecule has 2 aromatic carbocycles. The van der Waals surface area contributed by atoms with E-state index in [1.54, 1.807) is 19.2 Å². The Kier molecular flexibility index (Phi) is 7.42. The van der Waals surface area contributed by atoms with Gasteiger partial charge in [-0.15, -0.1) is 0 Å². The summed E-state index contributed by atoms with van der Waals surface area (Å²) < 4.78 is 31.1. The largest absolute Gasteiger partial charge is 0.497 e. The van der Waals surface area contributed by atoms with Crippen LogP contribution < -0.4 is 4.74 Å². The molecular weight excluding hydrogens is 408 g/mol. The minimum Gasteiger partial charge on any atom is -0.497 e. The van der Waals surface area contributed by atoms with Crippen LogP contribution in [0, 0.1) is 0 Å². The number of methoxy groups -OCH3 is 1. The number of benzene rings is 2. The van der Waals surface area contributed by atoms with E-state index in [1.165, 1.54) is 4.31 Å². The molecule has 9 heteroatoms. The fraction of sp³-hybridized carbons (Fsp3) is 0.333. The number of cyclic esters (lactones) is 1. The number of nitrogens with zero attached hydrogens (tertiary/aromatic N) is 2. The predicted octanol–water partition coefficient (Wildman–Crippen LogP) is 2.83.